The van der Waals surface area contributed by atoms with Crippen molar-refractivity contribution in [1.82, 2.24) is 14.8 Å². The number of hydrogen-bond acceptors (Lipinski definition) is 3. The van der Waals surface area contributed by atoms with Gasteiger partial charge >= 0.3 is 6.03 Å². The molecular formula is C16H24N4O. The van der Waals surface area contributed by atoms with E-state index < -0.39 is 0 Å². The monoisotopic (exact) mass is 288 g/mol. The highest BCUT2D eigenvalue weighted by molar-refractivity contribution is 5.72. The second-order valence-corrected chi connectivity index (χ2v) is 6.44. The van der Waals surface area contributed by atoms with Crippen LogP contribution >= 0.6 is 0 Å². The molecule has 1 aliphatic heterocycles. The highest BCUT2D eigenvalue weighted by Gasteiger charge is 2.42. The topological polar surface area (TPSA) is 62.5 Å². The van der Waals surface area contributed by atoms with Gasteiger partial charge in [0.25, 0.3) is 0 Å². The number of carbonyl (C=O) groups excluding carboxylic acids is 1. The first-order valence-corrected chi connectivity index (χ1v) is 7.78. The Kier molecular flexibility index (Phi) is 4.10. The average molecular weight is 288 g/mol. The second-order valence-electron chi connectivity index (χ2n) is 6.44. The standard InChI is InChI=1S/C16H24N4O/c1-19(9-12-5-7-18-8-6-12)15-4-2-3-13-10-20(16(17)21)11-14(13)15/h5-8,13-15H,2-4,9-11H2,1H3,(H2,17,21)/t13-,14+,15+/m1/s1. The van der Waals surface area contributed by atoms with Crippen molar-refractivity contribution < 1.29 is 4.79 Å². The predicted molar refractivity (Wildman–Crippen MR) is 81.5 cm³/mol. The van der Waals surface area contributed by atoms with E-state index in [0.717, 1.165) is 19.6 Å². The van der Waals surface area contributed by atoms with E-state index in [9.17, 15) is 4.79 Å². The fraction of sp³-hybridized carbons (Fsp3) is 0.625. The van der Waals surface area contributed by atoms with Crippen molar-refractivity contribution in [3.8, 4) is 0 Å². The summed E-state index contributed by atoms with van der Waals surface area (Å²) in [6, 6.07) is 4.42. The van der Waals surface area contributed by atoms with E-state index >= 15 is 0 Å². The molecule has 114 valence electrons. The minimum absolute atomic E-state index is 0.264. The number of fused-ring (bicyclic) bond motifs is 1. The maximum Gasteiger partial charge on any atom is 0.314 e. The number of nitrogens with two attached hydrogens (primary N) is 1. The minimum atomic E-state index is -0.264. The van der Waals surface area contributed by atoms with Crippen molar-refractivity contribution in [3.05, 3.63) is 30.1 Å². The molecule has 1 aromatic heterocycles. The minimum Gasteiger partial charge on any atom is -0.351 e. The molecule has 5 heteroatoms. The molecule has 2 amide bonds. The van der Waals surface area contributed by atoms with Crippen LogP contribution in [0.2, 0.25) is 0 Å². The summed E-state index contributed by atoms with van der Waals surface area (Å²) in [5.41, 5.74) is 6.75. The number of rotatable bonds is 3. The maximum atomic E-state index is 11.4. The Morgan fingerprint density at radius 1 is 1.38 bits per heavy atom. The van der Waals surface area contributed by atoms with Crippen molar-refractivity contribution in [2.24, 2.45) is 17.6 Å². The number of likely N-dealkylation sites (tertiary alicyclic amines) is 1. The van der Waals surface area contributed by atoms with Gasteiger partial charge in [0.2, 0.25) is 0 Å². The summed E-state index contributed by atoms with van der Waals surface area (Å²) in [7, 11) is 2.19. The van der Waals surface area contributed by atoms with Crippen molar-refractivity contribution in [3.63, 3.8) is 0 Å². The number of pyridine rings is 1. The van der Waals surface area contributed by atoms with Crippen molar-refractivity contribution in [2.45, 2.75) is 31.8 Å². The first-order valence-electron chi connectivity index (χ1n) is 7.78. The summed E-state index contributed by atoms with van der Waals surface area (Å²) in [4.78, 5) is 19.8. The fourth-order valence-corrected chi connectivity index (χ4v) is 4.06. The van der Waals surface area contributed by atoms with Gasteiger partial charge < -0.3 is 10.6 Å². The van der Waals surface area contributed by atoms with Gasteiger partial charge in [0.1, 0.15) is 0 Å². The molecule has 0 unspecified atom stereocenters. The van der Waals surface area contributed by atoms with Crippen molar-refractivity contribution >= 4 is 6.03 Å². The molecule has 2 aliphatic rings. The van der Waals surface area contributed by atoms with Crippen LogP contribution in [0.1, 0.15) is 24.8 Å². The third-order valence-corrected chi connectivity index (χ3v) is 5.12. The van der Waals surface area contributed by atoms with E-state index in [0.29, 0.717) is 17.9 Å². The Labute approximate surface area is 126 Å². The number of carbonyl (C=O) groups is 1. The molecule has 0 radical (unpaired) electrons. The average Bonchev–Trinajstić information content (AvgIpc) is 2.92. The van der Waals surface area contributed by atoms with E-state index in [4.69, 9.17) is 5.73 Å². The zero-order chi connectivity index (χ0) is 14.8. The first-order chi connectivity index (χ1) is 10.1. The van der Waals surface area contributed by atoms with Crippen LogP contribution in [-0.4, -0.2) is 47.0 Å². The van der Waals surface area contributed by atoms with Crippen molar-refractivity contribution in [1.29, 1.82) is 0 Å². The van der Waals surface area contributed by atoms with E-state index in [2.05, 4.69) is 29.1 Å². The molecule has 5 nitrogen and oxygen atoms in total. The van der Waals surface area contributed by atoms with Crippen LogP contribution in [0.4, 0.5) is 4.79 Å². The van der Waals surface area contributed by atoms with Crippen LogP contribution in [0.3, 0.4) is 0 Å². The number of nitrogens with zero attached hydrogens (tertiary/aromatic N) is 3. The summed E-state index contributed by atoms with van der Waals surface area (Å²) in [5.74, 6) is 1.19. The van der Waals surface area contributed by atoms with E-state index in [1.807, 2.05) is 17.3 Å². The maximum absolute atomic E-state index is 11.4. The van der Waals surface area contributed by atoms with Crippen LogP contribution < -0.4 is 5.73 Å². The van der Waals surface area contributed by atoms with E-state index in [1.54, 1.807) is 0 Å². The molecule has 2 heterocycles. The van der Waals surface area contributed by atoms with E-state index in [1.165, 1.54) is 24.8 Å². The molecular weight excluding hydrogens is 264 g/mol. The first kappa shape index (κ1) is 14.3. The molecule has 2 N–H and O–H groups in total. The van der Waals surface area contributed by atoms with Crippen molar-refractivity contribution in [2.75, 3.05) is 20.1 Å². The SMILES string of the molecule is CN(Cc1ccncc1)[C@H]1CCC[C@@H]2CN(C(N)=O)C[C@@H]21. The molecule has 1 saturated carbocycles. The highest BCUT2D eigenvalue weighted by atomic mass is 16.2. The molecule has 1 aromatic rings. The summed E-state index contributed by atoms with van der Waals surface area (Å²) in [6.45, 7) is 2.61. The molecule has 2 fully saturated rings. The number of urea groups is 1. The van der Waals surface area contributed by atoms with Gasteiger partial charge in [0.15, 0.2) is 0 Å². The summed E-state index contributed by atoms with van der Waals surface area (Å²) >= 11 is 0. The van der Waals surface area contributed by atoms with E-state index in [-0.39, 0.29) is 6.03 Å². The lowest BCUT2D eigenvalue weighted by Gasteiger charge is -2.39. The van der Waals surface area contributed by atoms with Crippen LogP contribution in [0.25, 0.3) is 0 Å². The van der Waals surface area contributed by atoms with Crippen LogP contribution in [0.15, 0.2) is 24.5 Å². The third kappa shape index (κ3) is 3.02. The molecule has 3 atom stereocenters. The smallest absolute Gasteiger partial charge is 0.314 e. The summed E-state index contributed by atoms with van der Waals surface area (Å²) < 4.78 is 0. The highest BCUT2D eigenvalue weighted by Crippen LogP contribution is 2.38. The Hall–Kier alpha value is -1.62. The molecule has 0 aromatic carbocycles. The van der Waals surface area contributed by atoms with Gasteiger partial charge in [-0.3, -0.25) is 9.88 Å². The van der Waals surface area contributed by atoms with Gasteiger partial charge in [0.05, 0.1) is 0 Å². The third-order valence-electron chi connectivity index (χ3n) is 5.12. The Bertz CT molecular complexity index is 492. The lowest BCUT2D eigenvalue weighted by molar-refractivity contribution is 0.105. The number of primary amides is 1. The van der Waals surface area contributed by atoms with Gasteiger partial charge in [0, 0.05) is 38.1 Å². The van der Waals surface area contributed by atoms with Crippen LogP contribution in [-0.2, 0) is 6.54 Å². The zero-order valence-corrected chi connectivity index (χ0v) is 12.6. The number of aromatic nitrogens is 1. The van der Waals surface area contributed by atoms with Gasteiger partial charge in [-0.15, -0.1) is 0 Å². The Balaban J connectivity index is 1.68. The molecule has 1 saturated heterocycles. The normalized spacial score (nSPS) is 28.7. The summed E-state index contributed by atoms with van der Waals surface area (Å²) in [6.07, 6.45) is 7.39. The van der Waals surface area contributed by atoms with Gasteiger partial charge in [-0.25, -0.2) is 4.79 Å². The van der Waals surface area contributed by atoms with Gasteiger partial charge in [-0.05, 0) is 49.4 Å². The van der Waals surface area contributed by atoms with Gasteiger partial charge in [-0.1, -0.05) is 6.42 Å². The van der Waals surface area contributed by atoms with Gasteiger partial charge in [-0.2, -0.15) is 0 Å². The number of hydrogen-bond donors (Lipinski definition) is 1. The summed E-state index contributed by atoms with van der Waals surface area (Å²) in [5, 5.41) is 0. The molecule has 0 spiro atoms. The molecule has 3 rings (SSSR count). The van der Waals surface area contributed by atoms with Crippen LogP contribution in [0.5, 0.6) is 0 Å². The second kappa shape index (κ2) is 6.02. The van der Waals surface area contributed by atoms with Crippen LogP contribution in [0, 0.1) is 11.8 Å². The Morgan fingerprint density at radius 3 is 2.86 bits per heavy atom. The Morgan fingerprint density at radius 2 is 2.14 bits per heavy atom. The largest absolute Gasteiger partial charge is 0.351 e. The zero-order valence-electron chi connectivity index (χ0n) is 12.6. The predicted octanol–water partition coefficient (Wildman–Crippen LogP) is 1.69. The molecule has 0 bridgehead atoms. The lowest BCUT2D eigenvalue weighted by Crippen LogP contribution is -2.43. The molecule has 1 aliphatic carbocycles. The quantitative estimate of drug-likeness (QED) is 0.920. The molecule has 21 heavy (non-hydrogen) atoms. The lowest BCUT2D eigenvalue weighted by atomic mass is 9.77. The fourth-order valence-electron chi connectivity index (χ4n) is 4.06. The number of amides is 2.